The molecule has 5 saturated carbocycles. The topological polar surface area (TPSA) is 181 Å². The number of phenolic OH excluding ortho intramolecular Hbond substituents is 3. The molecule has 11 atom stereocenters. The molecule has 11 aliphatic rings. The number of aliphatic hydroxyl groups excluding tert-OH is 2. The second kappa shape index (κ2) is 20.9. The molecule has 1 saturated heterocycles. The largest absolute Gasteiger partial charge is 0.508 e. The fourth-order valence-electron chi connectivity index (χ4n) is 18.8. The first kappa shape index (κ1) is 53.7. The molecule has 16 rings (SSSR count). The maximum absolute atomic E-state index is 13.7. The summed E-state index contributed by atoms with van der Waals surface area (Å²) in [6, 6.07) is 23.8. The minimum absolute atomic E-state index is 0.0311. The smallest absolute Gasteiger partial charge is 0.149 e. The Labute approximate surface area is 487 Å². The average Bonchev–Trinajstić information content (AvgIpc) is 2.20. The Morgan fingerprint density at radius 2 is 1.53 bits per heavy atom. The lowest BCUT2D eigenvalue weighted by Crippen LogP contribution is -2.82. The van der Waals surface area contributed by atoms with E-state index < -0.39 is 47.9 Å². The quantitative estimate of drug-likeness (QED) is 0.0399. The first-order valence-corrected chi connectivity index (χ1v) is 31.3. The molecule has 5 aromatic carbocycles. The van der Waals surface area contributed by atoms with Gasteiger partial charge in [-0.05, 0) is 172 Å². The van der Waals surface area contributed by atoms with E-state index in [4.69, 9.17) is 28.4 Å². The predicted molar refractivity (Wildman–Crippen MR) is 315 cm³/mol. The van der Waals surface area contributed by atoms with E-state index in [1.54, 1.807) is 43.5 Å². The molecule has 11 unspecified atom stereocenters. The van der Waals surface area contributed by atoms with Crippen molar-refractivity contribution in [2.45, 2.75) is 163 Å². The lowest BCUT2D eigenvalue weighted by Gasteiger charge is -2.64. The van der Waals surface area contributed by atoms with Crippen LogP contribution >= 0.6 is 0 Å². The Morgan fingerprint density at radius 1 is 0.759 bits per heavy atom. The Bertz CT molecular complexity index is 3380. The number of phenols is 3. The molecule has 0 radical (unpaired) electrons. The summed E-state index contributed by atoms with van der Waals surface area (Å²) in [5.74, 6) is 8.33. The first-order chi connectivity index (χ1) is 40.4. The zero-order valence-electron chi connectivity index (χ0n) is 47.8. The van der Waals surface area contributed by atoms with Crippen molar-refractivity contribution in [1.82, 2.24) is 10.6 Å². The standard InChI is InChI=1S/C70H80N2O11/c1-78-27-10-16-59-61(57-38-80-63-43(32-50(35-55(63)62(57)77)81-49-14-2-3-15-49)29-42-31-47(74)18-21-51(42)41-11-8-13-46(73)30-41)65-56-36-60(54-34-48(75)19-22-52(54)64(56)82-59)79-28-9-12-45-37-71-69(39-67(23-4-5-24-67)68(40-69)25-6-7-26-68)72-70(45)44-17-20-53(58(76)33-44)66(70)83-65/h8,11,13,17-22,30-32,34-36,44-45,49,53,57-59,61-62,65-66,71-77H,2-7,10,14-16,23-29,33,37-40H2,1H3. The van der Waals surface area contributed by atoms with Gasteiger partial charge >= 0.3 is 0 Å². The normalized spacial score (nSPS) is 32.2. The Morgan fingerprint density at radius 3 is 2.30 bits per heavy atom. The van der Waals surface area contributed by atoms with Crippen LogP contribution in [0.2, 0.25) is 0 Å². The van der Waals surface area contributed by atoms with Crippen LogP contribution < -0.4 is 29.6 Å². The fourth-order valence-corrected chi connectivity index (χ4v) is 18.8. The number of aromatic hydroxyl groups is 3. The highest BCUT2D eigenvalue weighted by Crippen LogP contribution is 2.71. The summed E-state index contributed by atoms with van der Waals surface area (Å²) in [6.45, 7) is 1.42. The van der Waals surface area contributed by atoms with Crippen LogP contribution in [0.1, 0.15) is 144 Å². The molecule has 0 aromatic heterocycles. The van der Waals surface area contributed by atoms with E-state index in [0.717, 1.165) is 71.7 Å². The second-order valence-corrected chi connectivity index (χ2v) is 26.8. The van der Waals surface area contributed by atoms with Crippen molar-refractivity contribution in [2.75, 3.05) is 33.5 Å². The third-order valence-corrected chi connectivity index (χ3v) is 22.3. The van der Waals surface area contributed by atoms with Gasteiger partial charge in [0, 0.05) is 77.8 Å². The average molecular weight is 1130 g/mol. The number of nitrogens with one attached hydrogen (secondary N) is 2. The fraction of sp³-hybridized carbons (Fsp3) is 0.543. The van der Waals surface area contributed by atoms with Crippen molar-refractivity contribution >= 4 is 10.8 Å². The molecule has 4 aliphatic heterocycles. The minimum Gasteiger partial charge on any atom is -0.508 e. The number of ether oxygens (including phenoxy) is 6. The first-order valence-electron chi connectivity index (χ1n) is 31.3. The van der Waals surface area contributed by atoms with Gasteiger partial charge in [-0.15, -0.1) is 0 Å². The number of benzene rings is 5. The van der Waals surface area contributed by atoms with Gasteiger partial charge in [-0.2, -0.15) is 0 Å². The molecule has 4 spiro atoms. The molecule has 4 bridgehead atoms. The van der Waals surface area contributed by atoms with Crippen LogP contribution in [0.3, 0.4) is 0 Å². The third-order valence-electron chi connectivity index (χ3n) is 22.3. The molecule has 13 heteroatoms. The van der Waals surface area contributed by atoms with Crippen LogP contribution in [0.25, 0.3) is 21.9 Å². The Balaban J connectivity index is 0.885. The number of hydrogen-bond donors (Lipinski definition) is 7. The van der Waals surface area contributed by atoms with Gasteiger partial charge in [0.05, 0.1) is 54.2 Å². The molecule has 7 aliphatic carbocycles. The van der Waals surface area contributed by atoms with E-state index >= 15 is 0 Å². The van der Waals surface area contributed by atoms with Crippen LogP contribution in [-0.2, 0) is 15.9 Å². The summed E-state index contributed by atoms with van der Waals surface area (Å²) >= 11 is 0. The van der Waals surface area contributed by atoms with Crippen molar-refractivity contribution in [3.63, 3.8) is 0 Å². The van der Waals surface area contributed by atoms with E-state index in [2.05, 4.69) is 34.6 Å². The Hall–Kier alpha value is -5.98. The van der Waals surface area contributed by atoms with E-state index in [0.29, 0.717) is 72.8 Å². The predicted octanol–water partition coefficient (Wildman–Crippen LogP) is 11.6. The summed E-state index contributed by atoms with van der Waals surface area (Å²) in [4.78, 5) is 0. The molecule has 83 heavy (non-hydrogen) atoms. The summed E-state index contributed by atoms with van der Waals surface area (Å²) in [5, 5.41) is 69.1. The molecule has 0 amide bonds. The van der Waals surface area contributed by atoms with Gasteiger partial charge in [0.15, 0.2) is 0 Å². The summed E-state index contributed by atoms with van der Waals surface area (Å²) in [6.07, 6.45) is 19.7. The highest BCUT2D eigenvalue weighted by molar-refractivity contribution is 5.96. The minimum atomic E-state index is -1.08. The van der Waals surface area contributed by atoms with Gasteiger partial charge in [-0.25, -0.2) is 0 Å². The summed E-state index contributed by atoms with van der Waals surface area (Å²) < 4.78 is 42.4. The summed E-state index contributed by atoms with van der Waals surface area (Å²) in [7, 11) is 1.72. The SMILES string of the molecule is COCCCC1Oc2c3cc(c4cc(O)ccc24)OCC#CC2CNC4(CC5(CCCC5)C5(CCCC5)C4)NC24C2C=CC(C(O)C2)C4OC3C1C1COc2c(Cc3cc(O)ccc3-c3cccc(O)c3)cc(OC3CCCC3)cc2C1O. The van der Waals surface area contributed by atoms with Gasteiger partial charge in [-0.1, -0.05) is 67.9 Å². The zero-order chi connectivity index (χ0) is 56.2. The molecular formula is C70H80N2O11. The molecule has 13 nitrogen and oxygen atoms in total. The van der Waals surface area contributed by atoms with Gasteiger partial charge in [0.2, 0.25) is 0 Å². The van der Waals surface area contributed by atoms with Crippen molar-refractivity contribution < 1.29 is 54.0 Å². The van der Waals surface area contributed by atoms with E-state index in [1.165, 1.54) is 51.4 Å². The van der Waals surface area contributed by atoms with Gasteiger partial charge < -0.3 is 54.0 Å². The van der Waals surface area contributed by atoms with Gasteiger partial charge in [-0.3, -0.25) is 10.6 Å². The lowest BCUT2D eigenvalue weighted by atomic mass is 9.55. The number of hydrogen-bond acceptors (Lipinski definition) is 13. The van der Waals surface area contributed by atoms with E-state index in [1.807, 2.05) is 42.5 Å². The number of methoxy groups -OCH3 is 1. The van der Waals surface area contributed by atoms with Crippen LogP contribution in [0.5, 0.6) is 40.2 Å². The van der Waals surface area contributed by atoms with E-state index in [-0.39, 0.29) is 70.8 Å². The third kappa shape index (κ3) is 8.93. The zero-order valence-corrected chi connectivity index (χ0v) is 47.8. The molecule has 4 heterocycles. The van der Waals surface area contributed by atoms with Gasteiger partial charge in [0.1, 0.15) is 53.0 Å². The highest BCUT2D eigenvalue weighted by Gasteiger charge is 2.70. The van der Waals surface area contributed by atoms with Crippen LogP contribution in [0, 0.1) is 52.3 Å². The summed E-state index contributed by atoms with van der Waals surface area (Å²) in [5.41, 5.74) is 4.18. The maximum Gasteiger partial charge on any atom is 0.149 e. The van der Waals surface area contributed by atoms with Crippen molar-refractivity contribution in [3.05, 3.63) is 113 Å². The molecule has 6 fully saturated rings. The molecule has 7 N–H and O–H groups in total. The van der Waals surface area contributed by atoms with Crippen LogP contribution in [0.4, 0.5) is 0 Å². The number of aliphatic hydroxyl groups is 2. The Kier molecular flexibility index (Phi) is 13.5. The lowest BCUT2D eigenvalue weighted by molar-refractivity contribution is -0.209. The van der Waals surface area contributed by atoms with Crippen molar-refractivity contribution in [3.8, 4) is 63.2 Å². The van der Waals surface area contributed by atoms with Crippen LogP contribution in [0.15, 0.2) is 91.0 Å². The van der Waals surface area contributed by atoms with Gasteiger partial charge in [0.25, 0.3) is 0 Å². The second-order valence-electron chi connectivity index (χ2n) is 26.8. The monoisotopic (exact) mass is 1120 g/mol. The molecule has 5 aromatic rings. The number of rotatable bonds is 10. The molecule has 436 valence electrons. The highest BCUT2D eigenvalue weighted by atomic mass is 16.5. The maximum atomic E-state index is 13.7. The number of fused-ring (bicyclic) bond motifs is 7. The van der Waals surface area contributed by atoms with Crippen molar-refractivity contribution in [1.29, 1.82) is 0 Å². The van der Waals surface area contributed by atoms with Crippen molar-refractivity contribution in [2.24, 2.45) is 40.4 Å². The van der Waals surface area contributed by atoms with E-state index in [9.17, 15) is 25.5 Å². The molecular weight excluding hydrogens is 1040 g/mol. The van der Waals surface area contributed by atoms with Crippen LogP contribution in [-0.4, -0.2) is 94.6 Å².